The molecule has 0 bridgehead atoms. The zero-order valence-corrected chi connectivity index (χ0v) is 14.5. The number of nitrogens with one attached hydrogen (secondary N) is 1. The molecule has 4 aromatic rings. The summed E-state index contributed by atoms with van der Waals surface area (Å²) in [7, 11) is 0. The van der Waals surface area contributed by atoms with Crippen LogP contribution in [0.25, 0.3) is 11.2 Å². The SMILES string of the molecule is CC(=O)n1nc(NC(=O)c2ccccc2)c2nnn(Cc3ccccc3)c21. The first-order valence-corrected chi connectivity index (χ1v) is 8.37. The number of hydrogen-bond donors (Lipinski definition) is 1. The van der Waals surface area contributed by atoms with Crippen LogP contribution >= 0.6 is 0 Å². The molecule has 2 heterocycles. The lowest BCUT2D eigenvalue weighted by molar-refractivity contribution is 0.0923. The van der Waals surface area contributed by atoms with Crippen molar-refractivity contribution in [3.05, 3.63) is 71.8 Å². The number of carbonyl (C=O) groups is 2. The van der Waals surface area contributed by atoms with Gasteiger partial charge in [0.2, 0.25) is 5.91 Å². The number of hydrogen-bond acceptors (Lipinski definition) is 5. The summed E-state index contributed by atoms with van der Waals surface area (Å²) in [5, 5.41) is 15.2. The second kappa shape index (κ2) is 6.83. The van der Waals surface area contributed by atoms with Crippen LogP contribution in [0.2, 0.25) is 0 Å². The lowest BCUT2D eigenvalue weighted by Gasteiger charge is -2.03. The number of carbonyl (C=O) groups excluding carboxylic acids is 2. The van der Waals surface area contributed by atoms with Crippen molar-refractivity contribution >= 4 is 28.8 Å². The predicted molar refractivity (Wildman–Crippen MR) is 99.6 cm³/mol. The van der Waals surface area contributed by atoms with Gasteiger partial charge >= 0.3 is 0 Å². The molecule has 0 aliphatic carbocycles. The molecule has 0 saturated carbocycles. The first-order valence-electron chi connectivity index (χ1n) is 8.37. The van der Waals surface area contributed by atoms with Crippen LogP contribution in [0.1, 0.15) is 27.6 Å². The molecule has 0 spiro atoms. The fourth-order valence-corrected chi connectivity index (χ4v) is 2.80. The molecular formula is C19H16N6O2. The van der Waals surface area contributed by atoms with Crippen LogP contribution in [0, 0.1) is 0 Å². The third-order valence-corrected chi connectivity index (χ3v) is 4.08. The summed E-state index contributed by atoms with van der Waals surface area (Å²) >= 11 is 0. The molecule has 134 valence electrons. The number of nitrogens with zero attached hydrogens (tertiary/aromatic N) is 5. The van der Waals surface area contributed by atoms with E-state index in [1.807, 2.05) is 36.4 Å². The Morgan fingerprint density at radius 1 is 1.00 bits per heavy atom. The van der Waals surface area contributed by atoms with Crippen molar-refractivity contribution in [3.8, 4) is 0 Å². The van der Waals surface area contributed by atoms with E-state index < -0.39 is 0 Å². The number of fused-ring (bicyclic) bond motifs is 1. The Balaban J connectivity index is 1.72. The summed E-state index contributed by atoms with van der Waals surface area (Å²) in [5.74, 6) is -0.423. The minimum absolute atomic E-state index is 0.202. The Morgan fingerprint density at radius 2 is 1.67 bits per heavy atom. The number of benzene rings is 2. The first-order chi connectivity index (χ1) is 13.1. The zero-order chi connectivity index (χ0) is 18.8. The number of amides is 1. The number of aromatic nitrogens is 5. The molecule has 0 radical (unpaired) electrons. The fraction of sp³-hybridized carbons (Fsp3) is 0.105. The van der Waals surface area contributed by atoms with Crippen LogP contribution in [0.3, 0.4) is 0 Å². The normalized spacial score (nSPS) is 10.9. The van der Waals surface area contributed by atoms with Crippen molar-refractivity contribution in [3.63, 3.8) is 0 Å². The van der Waals surface area contributed by atoms with Gasteiger partial charge in [0.25, 0.3) is 5.91 Å². The Labute approximate surface area is 154 Å². The van der Waals surface area contributed by atoms with Crippen molar-refractivity contribution in [1.82, 2.24) is 24.8 Å². The van der Waals surface area contributed by atoms with Crippen LogP contribution in [-0.2, 0) is 6.54 Å². The van der Waals surface area contributed by atoms with Gasteiger partial charge in [0.1, 0.15) is 0 Å². The van der Waals surface area contributed by atoms with E-state index in [9.17, 15) is 9.59 Å². The molecule has 2 aromatic carbocycles. The summed E-state index contributed by atoms with van der Waals surface area (Å²) < 4.78 is 2.80. The molecule has 0 atom stereocenters. The highest BCUT2D eigenvalue weighted by Crippen LogP contribution is 2.22. The number of rotatable bonds is 4. The van der Waals surface area contributed by atoms with E-state index in [0.29, 0.717) is 23.3 Å². The first kappa shape index (κ1) is 16.6. The molecule has 0 aliphatic rings. The van der Waals surface area contributed by atoms with Gasteiger partial charge in [0.05, 0.1) is 6.54 Å². The third kappa shape index (κ3) is 3.20. The molecule has 8 heteroatoms. The Hall–Kier alpha value is -3.81. The Morgan fingerprint density at radius 3 is 2.33 bits per heavy atom. The lowest BCUT2D eigenvalue weighted by atomic mass is 10.2. The second-order valence-electron chi connectivity index (χ2n) is 6.00. The molecule has 27 heavy (non-hydrogen) atoms. The quantitative estimate of drug-likeness (QED) is 0.604. The van der Waals surface area contributed by atoms with E-state index >= 15 is 0 Å². The smallest absolute Gasteiger partial charge is 0.256 e. The molecular weight excluding hydrogens is 344 g/mol. The van der Waals surface area contributed by atoms with Gasteiger partial charge in [-0.2, -0.15) is 4.68 Å². The fourth-order valence-electron chi connectivity index (χ4n) is 2.80. The lowest BCUT2D eigenvalue weighted by Crippen LogP contribution is -2.15. The van der Waals surface area contributed by atoms with E-state index in [-0.39, 0.29) is 17.6 Å². The Bertz CT molecular complexity index is 1120. The summed E-state index contributed by atoms with van der Waals surface area (Å²) in [6.07, 6.45) is 0. The van der Waals surface area contributed by atoms with E-state index in [1.165, 1.54) is 11.6 Å². The topological polar surface area (TPSA) is 94.7 Å². The maximum Gasteiger partial charge on any atom is 0.256 e. The predicted octanol–water partition coefficient (Wildman–Crippen LogP) is 2.59. The van der Waals surface area contributed by atoms with E-state index in [0.717, 1.165) is 5.56 Å². The van der Waals surface area contributed by atoms with E-state index in [4.69, 9.17) is 0 Å². The largest absolute Gasteiger partial charge is 0.303 e. The minimum Gasteiger partial charge on any atom is -0.303 e. The van der Waals surface area contributed by atoms with Crippen LogP contribution in [0.5, 0.6) is 0 Å². The van der Waals surface area contributed by atoms with Gasteiger partial charge in [0, 0.05) is 12.5 Å². The van der Waals surface area contributed by atoms with Gasteiger partial charge in [-0.3, -0.25) is 9.59 Å². The summed E-state index contributed by atoms with van der Waals surface area (Å²) in [6.45, 7) is 1.83. The summed E-state index contributed by atoms with van der Waals surface area (Å²) in [6, 6.07) is 18.5. The van der Waals surface area contributed by atoms with E-state index in [2.05, 4.69) is 20.7 Å². The van der Waals surface area contributed by atoms with Gasteiger partial charge in [-0.25, -0.2) is 4.68 Å². The molecule has 1 amide bonds. The van der Waals surface area contributed by atoms with Crippen LogP contribution < -0.4 is 5.32 Å². The maximum absolute atomic E-state index is 12.4. The van der Waals surface area contributed by atoms with Crippen molar-refractivity contribution in [2.24, 2.45) is 0 Å². The van der Waals surface area contributed by atoms with Crippen molar-refractivity contribution in [1.29, 1.82) is 0 Å². The van der Waals surface area contributed by atoms with Gasteiger partial charge in [-0.05, 0) is 17.7 Å². The number of anilines is 1. The molecule has 4 rings (SSSR count). The summed E-state index contributed by atoms with van der Waals surface area (Å²) in [4.78, 5) is 24.5. The van der Waals surface area contributed by atoms with Gasteiger partial charge in [-0.1, -0.05) is 53.7 Å². The molecule has 0 fully saturated rings. The second-order valence-corrected chi connectivity index (χ2v) is 6.00. The molecule has 0 aliphatic heterocycles. The Kier molecular flexibility index (Phi) is 4.21. The van der Waals surface area contributed by atoms with Gasteiger partial charge < -0.3 is 5.32 Å². The highest BCUT2D eigenvalue weighted by molar-refractivity contribution is 6.07. The zero-order valence-electron chi connectivity index (χ0n) is 14.5. The van der Waals surface area contributed by atoms with E-state index in [1.54, 1.807) is 28.9 Å². The maximum atomic E-state index is 12.4. The van der Waals surface area contributed by atoms with Gasteiger partial charge in [0.15, 0.2) is 17.0 Å². The minimum atomic E-state index is -0.330. The van der Waals surface area contributed by atoms with Crippen molar-refractivity contribution in [2.75, 3.05) is 5.32 Å². The third-order valence-electron chi connectivity index (χ3n) is 4.08. The summed E-state index contributed by atoms with van der Waals surface area (Å²) in [5.41, 5.74) is 2.30. The highest BCUT2D eigenvalue weighted by atomic mass is 16.2. The highest BCUT2D eigenvalue weighted by Gasteiger charge is 2.22. The van der Waals surface area contributed by atoms with Crippen molar-refractivity contribution in [2.45, 2.75) is 13.5 Å². The molecule has 2 aromatic heterocycles. The van der Waals surface area contributed by atoms with Crippen molar-refractivity contribution < 1.29 is 9.59 Å². The monoisotopic (exact) mass is 360 g/mol. The average molecular weight is 360 g/mol. The standard InChI is InChI=1S/C19H16N6O2/c1-13(26)25-19-16(21-23-24(19)12-14-8-4-2-5-9-14)17(22-25)20-18(27)15-10-6-3-7-11-15/h2-11H,12H2,1H3,(H,20,22,27). The van der Waals surface area contributed by atoms with Crippen LogP contribution in [0.15, 0.2) is 60.7 Å². The molecule has 0 unspecified atom stereocenters. The molecule has 0 saturated heterocycles. The molecule has 8 nitrogen and oxygen atoms in total. The van der Waals surface area contributed by atoms with Gasteiger partial charge in [-0.15, -0.1) is 10.2 Å². The van der Waals surface area contributed by atoms with Crippen LogP contribution in [0.4, 0.5) is 5.82 Å². The van der Waals surface area contributed by atoms with Crippen LogP contribution in [-0.4, -0.2) is 36.6 Å². The average Bonchev–Trinajstić information content (AvgIpc) is 3.25. The molecule has 1 N–H and O–H groups in total.